The largest absolute Gasteiger partial charge is 0.573 e. The highest BCUT2D eigenvalue weighted by molar-refractivity contribution is 8.15. The van der Waals surface area contributed by atoms with Crippen LogP contribution in [-0.4, -0.2) is 57.3 Å². The molecule has 0 spiro atoms. The molecule has 4 aromatic rings. The quantitative estimate of drug-likeness (QED) is 0.183. The molecule has 1 fully saturated rings. The Labute approximate surface area is 267 Å². The molecule has 14 heteroatoms. The Balaban J connectivity index is 1.25. The fraction of sp³-hybridized carbons (Fsp3) is 0.250. The molecule has 2 heterocycles. The summed E-state index contributed by atoms with van der Waals surface area (Å²) in [5.41, 5.74) is 3.65. The molecule has 1 atom stereocenters. The lowest BCUT2D eigenvalue weighted by molar-refractivity contribution is -0.274. The molecule has 5 rings (SSSR count). The summed E-state index contributed by atoms with van der Waals surface area (Å²) in [7, 11) is 1.55. The molecule has 0 bridgehead atoms. The van der Waals surface area contributed by atoms with Gasteiger partial charge in [-0.1, -0.05) is 62.9 Å². The molecule has 0 radical (unpaired) electrons. The third-order valence-electron chi connectivity index (χ3n) is 6.99. The van der Waals surface area contributed by atoms with Crippen molar-refractivity contribution < 1.29 is 32.2 Å². The van der Waals surface area contributed by atoms with Crippen LogP contribution < -0.4 is 14.4 Å². The summed E-state index contributed by atoms with van der Waals surface area (Å²) in [6.45, 7) is 5.92. The lowest BCUT2D eigenvalue weighted by atomic mass is 10.00. The molecule has 1 aliphatic heterocycles. The van der Waals surface area contributed by atoms with Crippen LogP contribution in [0.15, 0.2) is 83.0 Å². The zero-order chi connectivity index (χ0) is 33.0. The summed E-state index contributed by atoms with van der Waals surface area (Å²) in [5, 5.41) is 4.68. The number of alkyl halides is 3. The number of amides is 3. The van der Waals surface area contributed by atoms with E-state index in [0.717, 1.165) is 11.1 Å². The van der Waals surface area contributed by atoms with Gasteiger partial charge in [0.25, 0.3) is 0 Å². The maximum Gasteiger partial charge on any atom is 0.573 e. The molecule has 3 aromatic carbocycles. The number of nitrogens with zero attached hydrogens (tertiary/aromatic N) is 6. The number of aliphatic imine (C=N–C) groups is 2. The molecule has 0 aliphatic carbocycles. The Morgan fingerprint density at radius 1 is 1.02 bits per heavy atom. The minimum atomic E-state index is -4.77. The molecule has 10 nitrogen and oxygen atoms in total. The van der Waals surface area contributed by atoms with Crippen molar-refractivity contribution in [3.63, 3.8) is 0 Å². The number of amidine groups is 1. The number of aromatic nitrogens is 3. The van der Waals surface area contributed by atoms with Crippen molar-refractivity contribution in [2.75, 3.05) is 17.8 Å². The first-order chi connectivity index (χ1) is 21.9. The van der Waals surface area contributed by atoms with Crippen molar-refractivity contribution >= 4 is 40.8 Å². The fourth-order valence-corrected chi connectivity index (χ4v) is 5.50. The van der Waals surface area contributed by atoms with Gasteiger partial charge in [0.2, 0.25) is 5.91 Å². The number of hydrogen-bond donors (Lipinski definition) is 0. The second kappa shape index (κ2) is 13.6. The smallest absolute Gasteiger partial charge is 0.497 e. The van der Waals surface area contributed by atoms with Gasteiger partial charge in [0.1, 0.15) is 17.8 Å². The molecular formula is C32H29F3N6O4S. The highest BCUT2D eigenvalue weighted by Gasteiger charge is 2.33. The van der Waals surface area contributed by atoms with E-state index in [4.69, 9.17) is 4.74 Å². The number of rotatable bonds is 8. The Bertz CT molecular complexity index is 1790. The van der Waals surface area contributed by atoms with Crippen molar-refractivity contribution in [3.8, 4) is 28.6 Å². The van der Waals surface area contributed by atoms with Gasteiger partial charge in [-0.3, -0.25) is 9.69 Å². The van der Waals surface area contributed by atoms with Crippen LogP contribution in [0.5, 0.6) is 11.5 Å². The Kier molecular flexibility index (Phi) is 9.56. The lowest BCUT2D eigenvalue weighted by Gasteiger charge is -2.22. The van der Waals surface area contributed by atoms with Gasteiger partial charge in [-0.15, -0.1) is 18.3 Å². The minimum absolute atomic E-state index is 0.121. The van der Waals surface area contributed by atoms with Crippen LogP contribution in [0.4, 0.5) is 23.7 Å². The van der Waals surface area contributed by atoms with Crippen LogP contribution >= 0.6 is 11.8 Å². The topological polar surface area (TPSA) is 111 Å². The van der Waals surface area contributed by atoms with Gasteiger partial charge >= 0.3 is 12.4 Å². The van der Waals surface area contributed by atoms with Gasteiger partial charge in [0.15, 0.2) is 11.0 Å². The van der Waals surface area contributed by atoms with Crippen LogP contribution in [0.1, 0.15) is 43.7 Å². The van der Waals surface area contributed by atoms with E-state index in [-0.39, 0.29) is 34.4 Å². The first-order valence-corrected chi connectivity index (χ1v) is 15.1. The summed E-state index contributed by atoms with van der Waals surface area (Å²) in [5.74, 6) is 0.531. The Hall–Kier alpha value is -4.98. The zero-order valence-corrected chi connectivity index (χ0v) is 26.0. The summed E-state index contributed by atoms with van der Waals surface area (Å²) in [4.78, 5) is 39.5. The molecule has 1 saturated heterocycles. The lowest BCUT2D eigenvalue weighted by Crippen LogP contribution is -2.30. The number of ether oxygens (including phenoxy) is 2. The van der Waals surface area contributed by atoms with Crippen molar-refractivity contribution in [2.24, 2.45) is 9.98 Å². The number of halogens is 3. The fourth-order valence-electron chi connectivity index (χ4n) is 4.64. The summed E-state index contributed by atoms with van der Waals surface area (Å²) in [6, 6.07) is 17.4. The predicted octanol–water partition coefficient (Wildman–Crippen LogP) is 7.40. The average Bonchev–Trinajstić information content (AvgIpc) is 3.66. The number of thioether (sulfide) groups is 1. The number of hydrogen-bond acceptors (Lipinski definition) is 7. The highest BCUT2D eigenvalue weighted by Crippen LogP contribution is 2.36. The maximum absolute atomic E-state index is 12.8. The summed E-state index contributed by atoms with van der Waals surface area (Å²) >= 11 is 1.18. The molecule has 46 heavy (non-hydrogen) atoms. The Morgan fingerprint density at radius 2 is 1.72 bits per heavy atom. The van der Waals surface area contributed by atoms with Crippen LogP contribution in [0, 0.1) is 0 Å². The third-order valence-corrected chi connectivity index (χ3v) is 7.91. The van der Waals surface area contributed by atoms with Crippen LogP contribution in [-0.2, 0) is 4.79 Å². The number of methoxy groups -OCH3 is 1. The molecule has 238 valence electrons. The number of carbonyl (C=O) groups is 2. The van der Waals surface area contributed by atoms with Gasteiger partial charge in [-0.25, -0.2) is 19.5 Å². The van der Waals surface area contributed by atoms with Gasteiger partial charge in [-0.05, 0) is 47.4 Å². The average molecular weight is 651 g/mol. The van der Waals surface area contributed by atoms with E-state index in [1.165, 1.54) is 58.2 Å². The number of carbonyl (C=O) groups excluding carboxylic acids is 2. The van der Waals surface area contributed by atoms with Gasteiger partial charge in [0, 0.05) is 23.8 Å². The minimum Gasteiger partial charge on any atom is -0.497 e. The van der Waals surface area contributed by atoms with Crippen LogP contribution in [0.3, 0.4) is 0 Å². The van der Waals surface area contributed by atoms with Gasteiger partial charge in [0.05, 0.1) is 24.2 Å². The number of benzene rings is 3. The molecule has 3 amide bonds. The van der Waals surface area contributed by atoms with Crippen molar-refractivity contribution in [2.45, 2.75) is 39.0 Å². The van der Waals surface area contributed by atoms with Crippen LogP contribution in [0.25, 0.3) is 17.1 Å². The first kappa shape index (κ1) is 32.4. The first-order valence-electron chi connectivity index (χ1n) is 14.1. The number of urea groups is 1. The molecule has 1 aliphatic rings. The molecule has 0 saturated carbocycles. The van der Waals surface area contributed by atoms with Crippen molar-refractivity contribution in [1.29, 1.82) is 0 Å². The molecular weight excluding hydrogens is 621 g/mol. The van der Waals surface area contributed by atoms with E-state index in [1.807, 2.05) is 57.2 Å². The SMILES string of the molecule is COc1ccc(C(C)C)c(N2C(=O)CSC2=NC(=O)N=CC(C)c2ccc(-c3ncn(-c4ccc(OC(F)(F)F)cc4)n3)cc2)c1. The van der Waals surface area contributed by atoms with Crippen molar-refractivity contribution in [3.05, 3.63) is 84.2 Å². The standard InChI is InChI=1S/C32H29F3N6O4S/c1-19(2)26-14-13-25(44-4)15-27(26)41-28(42)17-46-31(41)38-30(43)36-16-20(3)21-5-7-22(8-6-21)29-37-18-40(39-29)23-9-11-24(12-10-23)45-32(33,34)35/h5-16,18-20H,17H2,1-4H3. The highest BCUT2D eigenvalue weighted by atomic mass is 32.2. The van der Waals surface area contributed by atoms with E-state index in [1.54, 1.807) is 13.2 Å². The number of anilines is 1. The normalized spacial score (nSPS) is 15.3. The molecule has 1 unspecified atom stereocenters. The second-order valence-corrected chi connectivity index (χ2v) is 11.5. The summed E-state index contributed by atoms with van der Waals surface area (Å²) < 4.78 is 48.0. The maximum atomic E-state index is 12.8. The van der Waals surface area contributed by atoms with Crippen LogP contribution in [0.2, 0.25) is 0 Å². The van der Waals surface area contributed by atoms with E-state index in [2.05, 4.69) is 24.8 Å². The van der Waals surface area contributed by atoms with E-state index in [0.29, 0.717) is 28.5 Å². The van der Waals surface area contributed by atoms with E-state index in [9.17, 15) is 22.8 Å². The van der Waals surface area contributed by atoms with E-state index < -0.39 is 12.4 Å². The third kappa shape index (κ3) is 7.62. The molecule has 1 aromatic heterocycles. The molecule has 0 N–H and O–H groups in total. The Morgan fingerprint density at radius 3 is 2.37 bits per heavy atom. The predicted molar refractivity (Wildman–Crippen MR) is 170 cm³/mol. The van der Waals surface area contributed by atoms with E-state index >= 15 is 0 Å². The van der Waals surface area contributed by atoms with Gasteiger partial charge < -0.3 is 9.47 Å². The van der Waals surface area contributed by atoms with Gasteiger partial charge in [-0.2, -0.15) is 4.99 Å². The second-order valence-electron chi connectivity index (χ2n) is 10.5. The zero-order valence-electron chi connectivity index (χ0n) is 25.2. The summed E-state index contributed by atoms with van der Waals surface area (Å²) in [6.07, 6.45) is -1.81. The monoisotopic (exact) mass is 650 g/mol. The van der Waals surface area contributed by atoms with Crippen molar-refractivity contribution in [1.82, 2.24) is 14.8 Å².